The standard InChI is InChI=1S/C17H15N3O2/c1-22-14-9-7-12(8-10-14)15-11-16(21)20-17(19-15)18-13-5-3-2-4-6-13/h2-11H,1H3,(H2,18,19,20,21). The normalized spacial score (nSPS) is 10.2. The Morgan fingerprint density at radius 1 is 1.05 bits per heavy atom. The van der Waals surface area contributed by atoms with Crippen molar-refractivity contribution < 1.29 is 4.74 Å². The van der Waals surface area contributed by atoms with E-state index in [1.165, 1.54) is 6.07 Å². The third kappa shape index (κ3) is 3.15. The number of nitrogens with zero attached hydrogens (tertiary/aromatic N) is 1. The number of hydrogen-bond acceptors (Lipinski definition) is 4. The van der Waals surface area contributed by atoms with Gasteiger partial charge in [-0.15, -0.1) is 0 Å². The summed E-state index contributed by atoms with van der Waals surface area (Å²) in [5.74, 6) is 1.17. The molecule has 5 nitrogen and oxygen atoms in total. The number of benzene rings is 2. The van der Waals surface area contributed by atoms with Gasteiger partial charge in [-0.05, 0) is 36.4 Å². The lowest BCUT2D eigenvalue weighted by molar-refractivity contribution is 0.415. The average molecular weight is 293 g/mol. The maximum absolute atomic E-state index is 11.8. The van der Waals surface area contributed by atoms with Crippen LogP contribution in [0.2, 0.25) is 0 Å². The Kier molecular flexibility index (Phi) is 3.87. The number of para-hydroxylation sites is 1. The molecule has 0 amide bonds. The average Bonchev–Trinajstić information content (AvgIpc) is 2.55. The second kappa shape index (κ2) is 6.13. The first-order chi connectivity index (χ1) is 10.7. The molecule has 0 aliphatic rings. The summed E-state index contributed by atoms with van der Waals surface area (Å²) in [6.45, 7) is 0. The van der Waals surface area contributed by atoms with Crippen molar-refractivity contribution in [3.8, 4) is 17.0 Å². The fraction of sp³-hybridized carbons (Fsp3) is 0.0588. The highest BCUT2D eigenvalue weighted by atomic mass is 16.5. The first-order valence-electron chi connectivity index (χ1n) is 6.82. The van der Waals surface area contributed by atoms with Crippen LogP contribution in [0.4, 0.5) is 11.6 Å². The summed E-state index contributed by atoms with van der Waals surface area (Å²) >= 11 is 0. The second-order valence-electron chi connectivity index (χ2n) is 4.70. The van der Waals surface area contributed by atoms with Gasteiger partial charge in [-0.2, -0.15) is 0 Å². The molecule has 0 saturated heterocycles. The van der Waals surface area contributed by atoms with Crippen LogP contribution in [0.15, 0.2) is 65.5 Å². The molecule has 0 fully saturated rings. The minimum atomic E-state index is -0.209. The van der Waals surface area contributed by atoms with Crippen molar-refractivity contribution in [2.24, 2.45) is 0 Å². The molecule has 1 aromatic heterocycles. The molecular formula is C17H15N3O2. The van der Waals surface area contributed by atoms with Crippen molar-refractivity contribution in [3.05, 3.63) is 71.0 Å². The SMILES string of the molecule is COc1ccc(-c2cc(=O)[nH]c(Nc3ccccc3)n2)cc1. The van der Waals surface area contributed by atoms with E-state index in [2.05, 4.69) is 15.3 Å². The van der Waals surface area contributed by atoms with Gasteiger partial charge >= 0.3 is 0 Å². The van der Waals surface area contributed by atoms with Gasteiger partial charge in [-0.25, -0.2) is 4.98 Å². The molecule has 0 spiro atoms. The van der Waals surface area contributed by atoms with Crippen LogP contribution in [0.5, 0.6) is 5.75 Å². The number of H-pyrrole nitrogens is 1. The van der Waals surface area contributed by atoms with Gasteiger partial charge < -0.3 is 10.1 Å². The van der Waals surface area contributed by atoms with Gasteiger partial charge in [0.1, 0.15) is 5.75 Å². The van der Waals surface area contributed by atoms with Crippen LogP contribution < -0.4 is 15.6 Å². The fourth-order valence-electron chi connectivity index (χ4n) is 2.08. The molecule has 2 N–H and O–H groups in total. The zero-order valence-corrected chi connectivity index (χ0v) is 12.0. The summed E-state index contributed by atoms with van der Waals surface area (Å²) in [6.07, 6.45) is 0. The topological polar surface area (TPSA) is 67.0 Å². The molecule has 0 atom stereocenters. The maximum Gasteiger partial charge on any atom is 0.252 e. The molecular weight excluding hydrogens is 278 g/mol. The van der Waals surface area contributed by atoms with Crippen LogP contribution in [0.3, 0.4) is 0 Å². The van der Waals surface area contributed by atoms with Crippen molar-refractivity contribution in [3.63, 3.8) is 0 Å². The Labute approximate surface area is 127 Å². The van der Waals surface area contributed by atoms with Gasteiger partial charge in [0.25, 0.3) is 5.56 Å². The monoisotopic (exact) mass is 293 g/mol. The molecule has 0 radical (unpaired) electrons. The predicted molar refractivity (Wildman–Crippen MR) is 86.6 cm³/mol. The van der Waals surface area contributed by atoms with E-state index in [1.54, 1.807) is 7.11 Å². The van der Waals surface area contributed by atoms with Gasteiger partial charge in [0.15, 0.2) is 0 Å². The van der Waals surface area contributed by atoms with E-state index in [9.17, 15) is 4.79 Å². The number of ether oxygens (including phenoxy) is 1. The lowest BCUT2D eigenvalue weighted by atomic mass is 10.1. The smallest absolute Gasteiger partial charge is 0.252 e. The predicted octanol–water partition coefficient (Wildman–Crippen LogP) is 3.19. The lowest BCUT2D eigenvalue weighted by Gasteiger charge is -2.07. The highest BCUT2D eigenvalue weighted by Crippen LogP contribution is 2.21. The molecule has 0 aliphatic carbocycles. The van der Waals surface area contributed by atoms with Gasteiger partial charge in [-0.3, -0.25) is 9.78 Å². The first kappa shape index (κ1) is 13.9. The van der Waals surface area contributed by atoms with E-state index in [0.717, 1.165) is 17.0 Å². The number of hydrogen-bond donors (Lipinski definition) is 2. The molecule has 3 aromatic rings. The van der Waals surface area contributed by atoms with E-state index in [1.807, 2.05) is 54.6 Å². The minimum absolute atomic E-state index is 0.209. The van der Waals surface area contributed by atoms with Crippen molar-refractivity contribution in [1.82, 2.24) is 9.97 Å². The van der Waals surface area contributed by atoms with Crippen LogP contribution >= 0.6 is 0 Å². The Morgan fingerprint density at radius 2 is 1.77 bits per heavy atom. The molecule has 1 heterocycles. The van der Waals surface area contributed by atoms with Crippen molar-refractivity contribution in [2.45, 2.75) is 0 Å². The van der Waals surface area contributed by atoms with Gasteiger partial charge in [0.05, 0.1) is 12.8 Å². The summed E-state index contributed by atoms with van der Waals surface area (Å²) in [7, 11) is 1.61. The number of rotatable bonds is 4. The fourth-order valence-corrected chi connectivity index (χ4v) is 2.08. The van der Waals surface area contributed by atoms with E-state index in [4.69, 9.17) is 4.74 Å². The summed E-state index contributed by atoms with van der Waals surface area (Å²) in [4.78, 5) is 19.0. The van der Waals surface area contributed by atoms with Gasteiger partial charge in [0, 0.05) is 17.3 Å². The lowest BCUT2D eigenvalue weighted by Crippen LogP contribution is -2.10. The highest BCUT2D eigenvalue weighted by Gasteiger charge is 2.05. The molecule has 3 rings (SSSR count). The molecule has 22 heavy (non-hydrogen) atoms. The Bertz CT molecular complexity index is 811. The highest BCUT2D eigenvalue weighted by molar-refractivity contribution is 5.62. The largest absolute Gasteiger partial charge is 0.497 e. The van der Waals surface area contributed by atoms with Crippen molar-refractivity contribution >= 4 is 11.6 Å². The zero-order valence-electron chi connectivity index (χ0n) is 12.0. The number of aromatic nitrogens is 2. The van der Waals surface area contributed by atoms with Gasteiger partial charge in [-0.1, -0.05) is 18.2 Å². The molecule has 0 aliphatic heterocycles. The van der Waals surface area contributed by atoms with E-state index in [0.29, 0.717) is 11.6 Å². The Hall–Kier alpha value is -3.08. The number of aromatic amines is 1. The third-order valence-corrected chi connectivity index (χ3v) is 3.16. The van der Waals surface area contributed by atoms with E-state index in [-0.39, 0.29) is 5.56 Å². The van der Waals surface area contributed by atoms with Crippen LogP contribution in [0, 0.1) is 0 Å². The summed E-state index contributed by atoms with van der Waals surface area (Å²) < 4.78 is 5.13. The second-order valence-corrected chi connectivity index (χ2v) is 4.70. The molecule has 5 heteroatoms. The zero-order chi connectivity index (χ0) is 15.4. The summed E-state index contributed by atoms with van der Waals surface area (Å²) in [5, 5.41) is 3.09. The Morgan fingerprint density at radius 3 is 2.45 bits per heavy atom. The number of methoxy groups -OCH3 is 1. The minimum Gasteiger partial charge on any atom is -0.497 e. The van der Waals surface area contributed by atoms with Crippen LogP contribution in [0.1, 0.15) is 0 Å². The van der Waals surface area contributed by atoms with Crippen molar-refractivity contribution in [1.29, 1.82) is 0 Å². The molecule has 110 valence electrons. The molecule has 2 aromatic carbocycles. The van der Waals surface area contributed by atoms with Gasteiger partial charge in [0.2, 0.25) is 5.95 Å². The Balaban J connectivity index is 1.93. The van der Waals surface area contributed by atoms with Crippen LogP contribution in [0.25, 0.3) is 11.3 Å². The van der Waals surface area contributed by atoms with E-state index < -0.39 is 0 Å². The van der Waals surface area contributed by atoms with E-state index >= 15 is 0 Å². The molecule has 0 bridgehead atoms. The van der Waals surface area contributed by atoms with Crippen molar-refractivity contribution in [2.75, 3.05) is 12.4 Å². The first-order valence-corrected chi connectivity index (χ1v) is 6.82. The maximum atomic E-state index is 11.8. The summed E-state index contributed by atoms with van der Waals surface area (Å²) in [5.41, 5.74) is 2.10. The molecule has 0 saturated carbocycles. The number of nitrogens with one attached hydrogen (secondary N) is 2. The third-order valence-electron chi connectivity index (χ3n) is 3.16. The van der Waals surface area contributed by atoms with Crippen LogP contribution in [-0.4, -0.2) is 17.1 Å². The molecule has 0 unspecified atom stereocenters. The number of anilines is 2. The van der Waals surface area contributed by atoms with Crippen LogP contribution in [-0.2, 0) is 0 Å². The quantitative estimate of drug-likeness (QED) is 0.775. The summed E-state index contributed by atoms with van der Waals surface area (Å²) in [6, 6.07) is 18.4.